The van der Waals surface area contributed by atoms with E-state index in [-0.39, 0.29) is 11.4 Å². The van der Waals surface area contributed by atoms with Crippen LogP contribution in [0.1, 0.15) is 58.3 Å². The van der Waals surface area contributed by atoms with Crippen LogP contribution in [0.4, 0.5) is 0 Å². The normalized spacial score (nSPS) is 41.6. The van der Waals surface area contributed by atoms with Crippen molar-refractivity contribution in [3.05, 3.63) is 0 Å². The summed E-state index contributed by atoms with van der Waals surface area (Å²) in [7, 11) is 2.26. The summed E-state index contributed by atoms with van der Waals surface area (Å²) in [6, 6.07) is 1.75. The van der Waals surface area contributed by atoms with Crippen LogP contribution in [0.25, 0.3) is 0 Å². The molecular formula is C16H29N3O. The number of nitrogens with zero attached hydrogens (tertiary/aromatic N) is 1. The van der Waals surface area contributed by atoms with Crippen LogP contribution in [0.5, 0.6) is 0 Å². The van der Waals surface area contributed by atoms with Gasteiger partial charge in [0.05, 0.1) is 5.54 Å². The number of piperidine rings is 2. The van der Waals surface area contributed by atoms with Gasteiger partial charge in [0.15, 0.2) is 0 Å². The summed E-state index contributed by atoms with van der Waals surface area (Å²) in [6.45, 7) is 3.11. The Hall–Kier alpha value is -0.610. The van der Waals surface area contributed by atoms with Gasteiger partial charge in [0.25, 0.3) is 0 Å². The van der Waals surface area contributed by atoms with Gasteiger partial charge in [-0.2, -0.15) is 0 Å². The molecule has 4 nitrogen and oxygen atoms in total. The van der Waals surface area contributed by atoms with Crippen LogP contribution in [0, 0.1) is 0 Å². The Kier molecular flexibility index (Phi) is 4.04. The first-order valence-corrected chi connectivity index (χ1v) is 8.42. The molecule has 0 saturated carbocycles. The lowest BCUT2D eigenvalue weighted by molar-refractivity contribution is -0.128. The zero-order valence-corrected chi connectivity index (χ0v) is 13.0. The smallest absolute Gasteiger partial charge is 0.240 e. The van der Waals surface area contributed by atoms with E-state index in [1.807, 2.05) is 0 Å². The Morgan fingerprint density at radius 2 is 2.00 bits per heavy atom. The SMILES string of the molecule is CCC1(C(=O)NC2CC3CCCC(C2)N3C)CCCN1. The molecule has 0 aliphatic carbocycles. The van der Waals surface area contributed by atoms with Crippen LogP contribution in [0.15, 0.2) is 0 Å². The van der Waals surface area contributed by atoms with Gasteiger partial charge in [-0.15, -0.1) is 0 Å². The molecule has 0 aromatic rings. The van der Waals surface area contributed by atoms with Gasteiger partial charge in [-0.1, -0.05) is 13.3 Å². The molecule has 3 fully saturated rings. The Labute approximate surface area is 122 Å². The molecule has 4 heteroatoms. The van der Waals surface area contributed by atoms with Gasteiger partial charge in [-0.05, 0) is 58.5 Å². The van der Waals surface area contributed by atoms with Crippen molar-refractivity contribution >= 4 is 5.91 Å². The molecule has 20 heavy (non-hydrogen) atoms. The highest BCUT2D eigenvalue weighted by Crippen LogP contribution is 2.33. The fourth-order valence-corrected chi connectivity index (χ4v) is 4.52. The van der Waals surface area contributed by atoms with E-state index >= 15 is 0 Å². The molecule has 3 saturated heterocycles. The summed E-state index contributed by atoms with van der Waals surface area (Å²) in [5, 5.41) is 6.82. The quantitative estimate of drug-likeness (QED) is 0.825. The van der Waals surface area contributed by atoms with Gasteiger partial charge >= 0.3 is 0 Å². The van der Waals surface area contributed by atoms with Crippen molar-refractivity contribution in [2.24, 2.45) is 0 Å². The van der Waals surface area contributed by atoms with Crippen molar-refractivity contribution in [1.82, 2.24) is 15.5 Å². The van der Waals surface area contributed by atoms with Gasteiger partial charge in [0, 0.05) is 18.1 Å². The number of hydrogen-bond acceptors (Lipinski definition) is 3. The Morgan fingerprint density at radius 1 is 1.30 bits per heavy atom. The zero-order chi connectivity index (χ0) is 14.2. The number of carbonyl (C=O) groups excluding carboxylic acids is 1. The summed E-state index contributed by atoms with van der Waals surface area (Å²) in [5.74, 6) is 0.255. The van der Waals surface area contributed by atoms with Gasteiger partial charge < -0.3 is 15.5 Å². The van der Waals surface area contributed by atoms with Crippen LogP contribution in [0.3, 0.4) is 0 Å². The van der Waals surface area contributed by atoms with E-state index in [0.717, 1.165) is 38.6 Å². The molecule has 0 aromatic heterocycles. The van der Waals surface area contributed by atoms with E-state index < -0.39 is 0 Å². The van der Waals surface area contributed by atoms with Crippen LogP contribution in [-0.2, 0) is 4.79 Å². The van der Waals surface area contributed by atoms with E-state index in [2.05, 4.69) is 29.5 Å². The maximum atomic E-state index is 12.7. The third-order valence-electron chi connectivity index (χ3n) is 5.96. The molecule has 3 aliphatic rings. The maximum absolute atomic E-state index is 12.7. The topological polar surface area (TPSA) is 44.4 Å². The Bertz CT molecular complexity index is 351. The molecule has 114 valence electrons. The summed E-state index contributed by atoms with van der Waals surface area (Å²) in [5.41, 5.74) is -0.279. The summed E-state index contributed by atoms with van der Waals surface area (Å²) in [4.78, 5) is 15.2. The molecule has 3 atom stereocenters. The lowest BCUT2D eigenvalue weighted by Gasteiger charge is -2.47. The number of fused-ring (bicyclic) bond motifs is 2. The lowest BCUT2D eigenvalue weighted by Crippen LogP contribution is -2.60. The highest BCUT2D eigenvalue weighted by molar-refractivity contribution is 5.86. The molecule has 3 unspecified atom stereocenters. The molecule has 0 aromatic carbocycles. The third kappa shape index (κ3) is 2.48. The monoisotopic (exact) mass is 279 g/mol. The highest BCUT2D eigenvalue weighted by Gasteiger charge is 2.42. The summed E-state index contributed by atoms with van der Waals surface area (Å²) < 4.78 is 0. The first-order chi connectivity index (χ1) is 9.64. The van der Waals surface area contributed by atoms with Gasteiger partial charge in [0.2, 0.25) is 5.91 Å². The number of hydrogen-bond donors (Lipinski definition) is 2. The first-order valence-electron chi connectivity index (χ1n) is 8.42. The molecule has 3 rings (SSSR count). The molecule has 0 radical (unpaired) electrons. The minimum atomic E-state index is -0.279. The second-order valence-corrected chi connectivity index (χ2v) is 7.01. The van der Waals surface area contributed by atoms with E-state index in [4.69, 9.17) is 0 Å². The predicted molar refractivity (Wildman–Crippen MR) is 80.6 cm³/mol. The zero-order valence-electron chi connectivity index (χ0n) is 13.0. The largest absolute Gasteiger partial charge is 0.352 e. The van der Waals surface area contributed by atoms with E-state index in [1.165, 1.54) is 19.3 Å². The molecular weight excluding hydrogens is 250 g/mol. The minimum absolute atomic E-state index is 0.255. The number of amides is 1. The second kappa shape index (κ2) is 5.64. The Balaban J connectivity index is 1.62. The van der Waals surface area contributed by atoms with Gasteiger partial charge in [-0.3, -0.25) is 4.79 Å². The van der Waals surface area contributed by atoms with Crippen LogP contribution < -0.4 is 10.6 Å². The number of nitrogens with one attached hydrogen (secondary N) is 2. The summed E-state index contributed by atoms with van der Waals surface area (Å²) in [6.07, 6.45) is 9.26. The fourth-order valence-electron chi connectivity index (χ4n) is 4.52. The second-order valence-electron chi connectivity index (χ2n) is 7.01. The lowest BCUT2D eigenvalue weighted by atomic mass is 9.81. The van der Waals surface area contributed by atoms with E-state index in [0.29, 0.717) is 18.1 Å². The number of carbonyl (C=O) groups is 1. The third-order valence-corrected chi connectivity index (χ3v) is 5.96. The van der Waals surface area contributed by atoms with E-state index in [1.54, 1.807) is 0 Å². The minimum Gasteiger partial charge on any atom is -0.352 e. The van der Waals surface area contributed by atoms with Crippen LogP contribution >= 0.6 is 0 Å². The molecule has 2 bridgehead atoms. The molecule has 3 heterocycles. The average Bonchev–Trinajstić information content (AvgIpc) is 2.90. The van der Waals surface area contributed by atoms with Gasteiger partial charge in [-0.25, -0.2) is 0 Å². The van der Waals surface area contributed by atoms with Crippen molar-refractivity contribution in [1.29, 1.82) is 0 Å². The highest BCUT2D eigenvalue weighted by atomic mass is 16.2. The van der Waals surface area contributed by atoms with Crippen molar-refractivity contribution in [2.45, 2.75) is 82.0 Å². The van der Waals surface area contributed by atoms with E-state index in [9.17, 15) is 4.79 Å². The molecule has 3 aliphatic heterocycles. The van der Waals surface area contributed by atoms with Crippen molar-refractivity contribution in [3.8, 4) is 0 Å². The predicted octanol–water partition coefficient (Wildman–Crippen LogP) is 1.65. The molecule has 1 amide bonds. The Morgan fingerprint density at radius 3 is 2.55 bits per heavy atom. The first kappa shape index (κ1) is 14.3. The number of rotatable bonds is 3. The van der Waals surface area contributed by atoms with Crippen LogP contribution in [0.2, 0.25) is 0 Å². The molecule has 0 spiro atoms. The maximum Gasteiger partial charge on any atom is 0.240 e. The van der Waals surface area contributed by atoms with Gasteiger partial charge in [0.1, 0.15) is 0 Å². The van der Waals surface area contributed by atoms with Crippen molar-refractivity contribution in [3.63, 3.8) is 0 Å². The average molecular weight is 279 g/mol. The van der Waals surface area contributed by atoms with Crippen molar-refractivity contribution in [2.75, 3.05) is 13.6 Å². The summed E-state index contributed by atoms with van der Waals surface area (Å²) >= 11 is 0. The van der Waals surface area contributed by atoms with Crippen molar-refractivity contribution < 1.29 is 4.79 Å². The molecule has 2 N–H and O–H groups in total. The fraction of sp³-hybridized carbons (Fsp3) is 0.938. The van der Waals surface area contributed by atoms with Crippen LogP contribution in [-0.4, -0.2) is 48.1 Å². The standard InChI is InChI=1S/C16H29N3O/c1-3-16(8-5-9-17-16)15(20)18-12-10-13-6-4-7-14(11-12)19(13)2/h12-14,17H,3-11H2,1-2H3,(H,18,20).